The van der Waals surface area contributed by atoms with E-state index in [0.29, 0.717) is 59.0 Å². The molecular weight excluding hydrogens is 528 g/mol. The number of hydrogen-bond donors (Lipinski definition) is 2. The molecule has 2 N–H and O–H groups in total. The fourth-order valence-electron chi connectivity index (χ4n) is 4.53. The van der Waals surface area contributed by atoms with Gasteiger partial charge in [-0.1, -0.05) is 28.7 Å². The minimum absolute atomic E-state index is 0.0561. The number of anilines is 1. The molecule has 0 bridgehead atoms. The minimum atomic E-state index is -3.29. The summed E-state index contributed by atoms with van der Waals surface area (Å²) >= 11 is 1.27. The smallest absolute Gasteiger partial charge is 0.241 e. The van der Waals surface area contributed by atoms with Crippen molar-refractivity contribution in [2.75, 3.05) is 25.6 Å². The number of carbonyl (C=O) groups is 2. The summed E-state index contributed by atoms with van der Waals surface area (Å²) in [6, 6.07) is 6.77. The molecule has 38 heavy (non-hydrogen) atoms. The van der Waals surface area contributed by atoms with Crippen LogP contribution in [0.2, 0.25) is 0 Å². The standard InChI is InChI=1S/C25H30N6O5S2/c1-26-23(32)15-31-14-21(29-30-31)22-13-27-25(37-22)28-24(33)20(12-16-8-10-36-11-9-16)17-2-4-18(5-3-17)38(34,35)19-6-7-19/h2-5,13-14,16,19-20H,6-12,15H2,1H3,(H,26,32)(H,27,28,33). The number of amides is 2. The van der Waals surface area contributed by atoms with E-state index in [2.05, 4.69) is 25.9 Å². The monoisotopic (exact) mass is 558 g/mol. The van der Waals surface area contributed by atoms with Crippen LogP contribution in [0.15, 0.2) is 41.6 Å². The molecule has 1 saturated heterocycles. The molecule has 13 heteroatoms. The lowest BCUT2D eigenvalue weighted by Crippen LogP contribution is -2.26. The second kappa shape index (κ2) is 11.3. The molecule has 1 atom stereocenters. The SMILES string of the molecule is CNC(=O)Cn1cc(-c2cnc(NC(=O)C(CC3CCOCC3)c3ccc(S(=O)(=O)C4CC4)cc3)s2)nn1. The zero-order chi connectivity index (χ0) is 26.7. The number of aromatic nitrogens is 4. The molecule has 1 saturated carbocycles. The highest BCUT2D eigenvalue weighted by atomic mass is 32.2. The Morgan fingerprint density at radius 1 is 1.16 bits per heavy atom. The maximum Gasteiger partial charge on any atom is 0.241 e. The van der Waals surface area contributed by atoms with Gasteiger partial charge in [0, 0.05) is 26.5 Å². The third-order valence-corrected chi connectivity index (χ3v) is 10.1. The van der Waals surface area contributed by atoms with E-state index in [9.17, 15) is 18.0 Å². The first kappa shape index (κ1) is 26.4. The summed E-state index contributed by atoms with van der Waals surface area (Å²) in [5, 5.41) is 13.7. The first-order chi connectivity index (χ1) is 18.3. The van der Waals surface area contributed by atoms with E-state index in [4.69, 9.17) is 4.74 Å². The Morgan fingerprint density at radius 2 is 1.89 bits per heavy atom. The molecule has 0 spiro atoms. The van der Waals surface area contributed by atoms with Crippen LogP contribution in [0.25, 0.3) is 10.6 Å². The Hall–Kier alpha value is -3.16. The molecule has 1 unspecified atom stereocenters. The summed E-state index contributed by atoms with van der Waals surface area (Å²) in [6.07, 6.45) is 7.07. The minimum Gasteiger partial charge on any atom is -0.381 e. The van der Waals surface area contributed by atoms with Crippen LogP contribution in [0.4, 0.5) is 5.13 Å². The van der Waals surface area contributed by atoms with Gasteiger partial charge in [-0.25, -0.2) is 18.1 Å². The molecular formula is C25H30N6O5S2. The van der Waals surface area contributed by atoms with Crippen LogP contribution in [0.3, 0.4) is 0 Å². The number of hydrogen-bond acceptors (Lipinski definition) is 9. The lowest BCUT2D eigenvalue weighted by Gasteiger charge is -2.26. The second-order valence-corrected chi connectivity index (χ2v) is 12.9. The zero-order valence-electron chi connectivity index (χ0n) is 21.0. The predicted molar refractivity (Wildman–Crippen MR) is 141 cm³/mol. The zero-order valence-corrected chi connectivity index (χ0v) is 22.6. The molecule has 202 valence electrons. The number of carbonyl (C=O) groups excluding carboxylic acids is 2. The number of rotatable bonds is 10. The second-order valence-electron chi connectivity index (χ2n) is 9.65. The average molecular weight is 559 g/mol. The maximum atomic E-state index is 13.5. The summed E-state index contributed by atoms with van der Waals surface area (Å²) in [7, 11) is -1.74. The summed E-state index contributed by atoms with van der Waals surface area (Å²) in [4.78, 5) is 30.5. The van der Waals surface area contributed by atoms with E-state index in [1.165, 1.54) is 16.0 Å². The molecule has 3 heterocycles. The molecule has 2 fully saturated rings. The van der Waals surface area contributed by atoms with Gasteiger partial charge in [0.15, 0.2) is 15.0 Å². The number of thiazole rings is 1. The summed E-state index contributed by atoms with van der Waals surface area (Å²) in [6.45, 7) is 1.41. The van der Waals surface area contributed by atoms with E-state index in [1.54, 1.807) is 43.7 Å². The van der Waals surface area contributed by atoms with Crippen molar-refractivity contribution in [3.63, 3.8) is 0 Å². The van der Waals surface area contributed by atoms with E-state index < -0.39 is 15.8 Å². The molecule has 2 aromatic heterocycles. The van der Waals surface area contributed by atoms with Crippen molar-refractivity contribution in [2.45, 2.75) is 54.7 Å². The van der Waals surface area contributed by atoms with Gasteiger partial charge in [0.25, 0.3) is 0 Å². The van der Waals surface area contributed by atoms with E-state index in [1.807, 2.05) is 0 Å². The van der Waals surface area contributed by atoms with Gasteiger partial charge >= 0.3 is 0 Å². The molecule has 1 aliphatic heterocycles. The van der Waals surface area contributed by atoms with Crippen molar-refractivity contribution >= 4 is 38.1 Å². The van der Waals surface area contributed by atoms with Crippen LogP contribution < -0.4 is 10.6 Å². The van der Waals surface area contributed by atoms with Crippen LogP contribution in [-0.2, 0) is 30.7 Å². The van der Waals surface area contributed by atoms with Gasteiger partial charge in [-0.15, -0.1) is 5.10 Å². The van der Waals surface area contributed by atoms with Gasteiger partial charge in [0.05, 0.1) is 27.1 Å². The molecule has 1 aliphatic carbocycles. The van der Waals surface area contributed by atoms with Crippen LogP contribution in [0.5, 0.6) is 0 Å². The fraction of sp³-hybridized carbons (Fsp3) is 0.480. The number of nitrogens with zero attached hydrogens (tertiary/aromatic N) is 4. The Morgan fingerprint density at radius 3 is 2.58 bits per heavy atom. The van der Waals surface area contributed by atoms with E-state index in [-0.39, 0.29) is 23.6 Å². The normalized spacial score (nSPS) is 17.2. The van der Waals surface area contributed by atoms with Crippen molar-refractivity contribution in [3.05, 3.63) is 42.2 Å². The summed E-state index contributed by atoms with van der Waals surface area (Å²) < 4.78 is 32.2. The third kappa shape index (κ3) is 6.11. The molecule has 2 amide bonds. The largest absolute Gasteiger partial charge is 0.381 e. The Kier molecular flexibility index (Phi) is 7.86. The van der Waals surface area contributed by atoms with Gasteiger partial charge in [-0.2, -0.15) is 0 Å². The molecule has 0 radical (unpaired) electrons. The maximum absolute atomic E-state index is 13.5. The number of nitrogens with one attached hydrogen (secondary N) is 2. The van der Waals surface area contributed by atoms with Crippen molar-refractivity contribution in [2.24, 2.45) is 5.92 Å². The fourth-order valence-corrected chi connectivity index (χ4v) is 6.95. The first-order valence-electron chi connectivity index (χ1n) is 12.6. The summed E-state index contributed by atoms with van der Waals surface area (Å²) in [5.41, 5.74) is 1.33. The number of benzene rings is 1. The molecule has 11 nitrogen and oxygen atoms in total. The highest BCUT2D eigenvalue weighted by molar-refractivity contribution is 7.92. The lowest BCUT2D eigenvalue weighted by atomic mass is 9.84. The number of likely N-dealkylation sites (N-methyl/N-ethyl adjacent to an activating group) is 1. The quantitative estimate of drug-likeness (QED) is 0.386. The molecule has 5 rings (SSSR count). The van der Waals surface area contributed by atoms with E-state index in [0.717, 1.165) is 18.4 Å². The van der Waals surface area contributed by atoms with Crippen molar-refractivity contribution < 1.29 is 22.7 Å². The Balaban J connectivity index is 1.32. The molecule has 3 aromatic rings. The van der Waals surface area contributed by atoms with Crippen LogP contribution in [0, 0.1) is 5.92 Å². The average Bonchev–Trinajstić information content (AvgIpc) is 3.54. The Labute approximate surface area is 224 Å². The van der Waals surface area contributed by atoms with Gasteiger partial charge in [-0.05, 0) is 55.7 Å². The van der Waals surface area contributed by atoms with Crippen molar-refractivity contribution in [3.8, 4) is 10.6 Å². The number of ether oxygens (including phenoxy) is 1. The van der Waals surface area contributed by atoms with Gasteiger partial charge in [0.2, 0.25) is 11.8 Å². The van der Waals surface area contributed by atoms with Crippen molar-refractivity contribution in [1.82, 2.24) is 25.3 Å². The van der Waals surface area contributed by atoms with Gasteiger partial charge in [0.1, 0.15) is 12.2 Å². The summed E-state index contributed by atoms with van der Waals surface area (Å²) in [5.74, 6) is -0.515. The van der Waals surface area contributed by atoms with E-state index >= 15 is 0 Å². The highest BCUT2D eigenvalue weighted by Crippen LogP contribution is 2.36. The van der Waals surface area contributed by atoms with Crippen LogP contribution in [0.1, 0.15) is 43.6 Å². The number of sulfone groups is 1. The topological polar surface area (TPSA) is 145 Å². The molecule has 1 aromatic carbocycles. The third-order valence-electron chi connectivity index (χ3n) is 6.91. The van der Waals surface area contributed by atoms with Crippen LogP contribution in [-0.4, -0.2) is 65.7 Å². The Bertz CT molecular complexity index is 1390. The first-order valence-corrected chi connectivity index (χ1v) is 15.0. The lowest BCUT2D eigenvalue weighted by molar-refractivity contribution is -0.121. The molecule has 2 aliphatic rings. The van der Waals surface area contributed by atoms with Crippen molar-refractivity contribution in [1.29, 1.82) is 0 Å². The highest BCUT2D eigenvalue weighted by Gasteiger charge is 2.37. The van der Waals surface area contributed by atoms with Gasteiger partial charge in [-0.3, -0.25) is 9.59 Å². The predicted octanol–water partition coefficient (Wildman–Crippen LogP) is 2.62. The van der Waals surface area contributed by atoms with Crippen LogP contribution >= 0.6 is 11.3 Å². The van der Waals surface area contributed by atoms with Gasteiger partial charge < -0.3 is 15.4 Å².